The Hall–Kier alpha value is -1.44. The molecule has 0 aromatic heterocycles. The first-order valence-corrected chi connectivity index (χ1v) is 10.6. The van der Waals surface area contributed by atoms with Crippen molar-refractivity contribution in [1.82, 2.24) is 15.2 Å². The molecule has 1 saturated heterocycles. The molecule has 2 unspecified atom stereocenters. The lowest BCUT2D eigenvalue weighted by molar-refractivity contribution is 0.428. The molecule has 140 valence electrons. The number of benzene rings is 2. The van der Waals surface area contributed by atoms with Gasteiger partial charge in [0, 0.05) is 30.7 Å². The molecule has 2 aromatic carbocycles. The van der Waals surface area contributed by atoms with Crippen LogP contribution in [0.5, 0.6) is 0 Å². The predicted octanol–water partition coefficient (Wildman–Crippen LogP) is 3.35. The van der Waals surface area contributed by atoms with Gasteiger partial charge in [0.1, 0.15) is 0 Å². The molecule has 1 aliphatic rings. The van der Waals surface area contributed by atoms with Crippen molar-refractivity contribution in [2.24, 2.45) is 0 Å². The van der Waals surface area contributed by atoms with Gasteiger partial charge >= 0.3 is 0 Å². The van der Waals surface area contributed by atoms with E-state index in [-0.39, 0.29) is 4.90 Å². The molecule has 26 heavy (non-hydrogen) atoms. The fourth-order valence-corrected chi connectivity index (χ4v) is 4.71. The minimum Gasteiger partial charge on any atom is -0.254 e. The summed E-state index contributed by atoms with van der Waals surface area (Å²) >= 11 is 5.91. The van der Waals surface area contributed by atoms with E-state index in [1.54, 1.807) is 25.2 Å². The first kappa shape index (κ1) is 19.3. The zero-order chi connectivity index (χ0) is 18.6. The Bertz CT molecular complexity index is 830. The molecule has 0 radical (unpaired) electrons. The topological polar surface area (TPSA) is 61.4 Å². The first-order chi connectivity index (χ1) is 12.5. The molecule has 1 heterocycles. The second kappa shape index (κ2) is 8.50. The molecule has 1 aliphatic heterocycles. The quantitative estimate of drug-likeness (QED) is 0.757. The summed E-state index contributed by atoms with van der Waals surface area (Å²) in [5.74, 6) is 0. The molecule has 0 aliphatic carbocycles. The van der Waals surface area contributed by atoms with Gasteiger partial charge in [0.2, 0.25) is 10.0 Å². The van der Waals surface area contributed by atoms with E-state index in [2.05, 4.69) is 23.0 Å². The van der Waals surface area contributed by atoms with E-state index in [1.807, 2.05) is 18.2 Å². The highest BCUT2D eigenvalue weighted by Gasteiger charge is 2.25. The van der Waals surface area contributed by atoms with Crippen molar-refractivity contribution in [2.45, 2.75) is 36.2 Å². The highest BCUT2D eigenvalue weighted by Crippen LogP contribution is 2.24. The molecule has 2 aromatic rings. The number of hydrazine groups is 1. The van der Waals surface area contributed by atoms with E-state index in [9.17, 15) is 8.42 Å². The SMILES string of the molecule is CN(CCCC1CC(c2ccccc2)NN1)S(=O)(=O)c1cccc(Cl)c1. The fraction of sp³-hybridized carbons (Fsp3) is 0.368. The van der Waals surface area contributed by atoms with E-state index in [1.165, 1.54) is 15.9 Å². The highest BCUT2D eigenvalue weighted by molar-refractivity contribution is 7.89. The molecule has 3 rings (SSSR count). The Labute approximate surface area is 160 Å². The summed E-state index contributed by atoms with van der Waals surface area (Å²) in [6.07, 6.45) is 2.69. The second-order valence-electron chi connectivity index (χ2n) is 6.61. The van der Waals surface area contributed by atoms with Crippen molar-refractivity contribution in [2.75, 3.05) is 13.6 Å². The van der Waals surface area contributed by atoms with Gasteiger partial charge in [-0.05, 0) is 43.0 Å². The maximum absolute atomic E-state index is 12.6. The van der Waals surface area contributed by atoms with Crippen LogP contribution in [0.1, 0.15) is 30.9 Å². The number of hydrogen-bond acceptors (Lipinski definition) is 4. The summed E-state index contributed by atoms with van der Waals surface area (Å²) in [6.45, 7) is 0.475. The van der Waals surface area contributed by atoms with Gasteiger partial charge in [-0.3, -0.25) is 10.9 Å². The third-order valence-corrected chi connectivity index (χ3v) is 6.80. The molecule has 0 saturated carbocycles. The maximum Gasteiger partial charge on any atom is 0.242 e. The Kier molecular flexibility index (Phi) is 6.32. The van der Waals surface area contributed by atoms with Crippen LogP contribution >= 0.6 is 11.6 Å². The van der Waals surface area contributed by atoms with Gasteiger partial charge in [-0.2, -0.15) is 0 Å². The Morgan fingerprint density at radius 1 is 1.12 bits per heavy atom. The minimum atomic E-state index is -3.50. The molecule has 5 nitrogen and oxygen atoms in total. The van der Waals surface area contributed by atoms with E-state index < -0.39 is 10.0 Å². The van der Waals surface area contributed by atoms with Crippen LogP contribution in [0.4, 0.5) is 0 Å². The normalized spacial score (nSPS) is 20.6. The average Bonchev–Trinajstić information content (AvgIpc) is 3.11. The average molecular weight is 394 g/mol. The van der Waals surface area contributed by atoms with Crippen LogP contribution in [0.25, 0.3) is 0 Å². The molecule has 0 amide bonds. The van der Waals surface area contributed by atoms with Gasteiger partial charge in [0.25, 0.3) is 0 Å². The van der Waals surface area contributed by atoms with Gasteiger partial charge in [0.15, 0.2) is 0 Å². The largest absolute Gasteiger partial charge is 0.254 e. The van der Waals surface area contributed by atoms with Gasteiger partial charge < -0.3 is 0 Å². The fourth-order valence-electron chi connectivity index (χ4n) is 3.20. The van der Waals surface area contributed by atoms with Crippen LogP contribution in [-0.2, 0) is 10.0 Å². The van der Waals surface area contributed by atoms with E-state index in [0.29, 0.717) is 23.7 Å². The van der Waals surface area contributed by atoms with Crippen molar-refractivity contribution >= 4 is 21.6 Å². The third-order valence-electron chi connectivity index (χ3n) is 4.71. The molecule has 2 N–H and O–H groups in total. The molecular formula is C19H24ClN3O2S. The van der Waals surface area contributed by atoms with Gasteiger partial charge in [0.05, 0.1) is 4.90 Å². The van der Waals surface area contributed by atoms with E-state index in [4.69, 9.17) is 11.6 Å². The monoisotopic (exact) mass is 393 g/mol. The standard InChI is InChI=1S/C19H24ClN3O2S/c1-23(26(24,25)18-11-5-9-16(20)13-18)12-6-10-17-14-19(22-21-17)15-7-3-2-4-8-15/h2-5,7-9,11,13,17,19,21-22H,6,10,12,14H2,1H3. The van der Waals surface area contributed by atoms with Gasteiger partial charge in [-0.25, -0.2) is 12.7 Å². The first-order valence-electron chi connectivity index (χ1n) is 8.75. The molecule has 2 atom stereocenters. The molecular weight excluding hydrogens is 370 g/mol. The summed E-state index contributed by atoms with van der Waals surface area (Å²) < 4.78 is 26.6. The Morgan fingerprint density at radius 3 is 2.62 bits per heavy atom. The van der Waals surface area contributed by atoms with Crippen LogP contribution in [-0.4, -0.2) is 32.4 Å². The highest BCUT2D eigenvalue weighted by atomic mass is 35.5. The molecule has 7 heteroatoms. The molecule has 0 spiro atoms. The molecule has 1 fully saturated rings. The van der Waals surface area contributed by atoms with Crippen molar-refractivity contribution in [1.29, 1.82) is 0 Å². The number of hydrogen-bond donors (Lipinski definition) is 2. The number of nitrogens with zero attached hydrogens (tertiary/aromatic N) is 1. The predicted molar refractivity (Wildman–Crippen MR) is 104 cm³/mol. The summed E-state index contributed by atoms with van der Waals surface area (Å²) in [5, 5.41) is 0.424. The summed E-state index contributed by atoms with van der Waals surface area (Å²) in [6, 6.07) is 17.4. The van der Waals surface area contributed by atoms with Crippen LogP contribution in [0.15, 0.2) is 59.5 Å². The maximum atomic E-state index is 12.6. The molecule has 0 bridgehead atoms. The lowest BCUT2D eigenvalue weighted by Gasteiger charge is -2.18. The lowest BCUT2D eigenvalue weighted by Crippen LogP contribution is -2.32. The lowest BCUT2D eigenvalue weighted by atomic mass is 10.00. The van der Waals surface area contributed by atoms with E-state index >= 15 is 0 Å². The number of halogens is 1. The summed E-state index contributed by atoms with van der Waals surface area (Å²) in [7, 11) is -1.88. The van der Waals surface area contributed by atoms with Crippen molar-refractivity contribution < 1.29 is 8.42 Å². The van der Waals surface area contributed by atoms with Crippen LogP contribution < -0.4 is 10.9 Å². The van der Waals surface area contributed by atoms with Crippen molar-refractivity contribution in [3.05, 3.63) is 65.2 Å². The van der Waals surface area contributed by atoms with Gasteiger partial charge in [-0.15, -0.1) is 0 Å². The van der Waals surface area contributed by atoms with Crippen LogP contribution in [0, 0.1) is 0 Å². The number of sulfonamides is 1. The second-order valence-corrected chi connectivity index (χ2v) is 9.09. The minimum absolute atomic E-state index is 0.234. The smallest absolute Gasteiger partial charge is 0.242 e. The van der Waals surface area contributed by atoms with Crippen molar-refractivity contribution in [3.8, 4) is 0 Å². The third kappa shape index (κ3) is 4.64. The van der Waals surface area contributed by atoms with Gasteiger partial charge in [-0.1, -0.05) is 48.0 Å². The zero-order valence-corrected chi connectivity index (χ0v) is 16.3. The summed E-state index contributed by atoms with van der Waals surface area (Å²) in [5.41, 5.74) is 7.92. The Morgan fingerprint density at radius 2 is 1.88 bits per heavy atom. The number of nitrogens with one attached hydrogen (secondary N) is 2. The van der Waals surface area contributed by atoms with Crippen LogP contribution in [0.2, 0.25) is 5.02 Å². The summed E-state index contributed by atoms with van der Waals surface area (Å²) in [4.78, 5) is 0.234. The van der Waals surface area contributed by atoms with Crippen molar-refractivity contribution in [3.63, 3.8) is 0 Å². The zero-order valence-electron chi connectivity index (χ0n) is 14.7. The number of rotatable bonds is 7. The van der Waals surface area contributed by atoms with E-state index in [0.717, 1.165) is 19.3 Å². The van der Waals surface area contributed by atoms with Crippen LogP contribution in [0.3, 0.4) is 0 Å². The Balaban J connectivity index is 1.49.